The van der Waals surface area contributed by atoms with Crippen molar-refractivity contribution < 1.29 is 8.83 Å². The lowest BCUT2D eigenvalue weighted by atomic mass is 9.94. The van der Waals surface area contributed by atoms with Crippen molar-refractivity contribution in [2.24, 2.45) is 0 Å². The first-order valence-corrected chi connectivity index (χ1v) is 20.7. The number of nitrogens with zero attached hydrogens (tertiary/aromatic N) is 3. The SMILES string of the molecule is c1ccc(-c2cc(-c3ccc(-c4ccc(-c5ccccn5)cc4)cc3)nc(-c3cc(-c4ccc5oc6ccccc6c5c4)cc(-c4ccc5oc6ccccc6c5c4)c3)n2)cc1. The molecule has 8 aromatic carbocycles. The molecule has 5 nitrogen and oxygen atoms in total. The van der Waals surface area contributed by atoms with Crippen LogP contribution < -0.4 is 0 Å². The van der Waals surface area contributed by atoms with E-state index in [0.29, 0.717) is 5.82 Å². The quantitative estimate of drug-likeness (QED) is 0.161. The Morgan fingerprint density at radius 1 is 0.258 bits per heavy atom. The van der Waals surface area contributed by atoms with Crippen LogP contribution in [0.3, 0.4) is 0 Å². The van der Waals surface area contributed by atoms with Crippen LogP contribution in [0, 0.1) is 0 Å². The molecule has 0 radical (unpaired) electrons. The molecule has 0 aliphatic heterocycles. The highest BCUT2D eigenvalue weighted by atomic mass is 16.3. The largest absolute Gasteiger partial charge is 0.456 e. The number of para-hydroxylation sites is 2. The monoisotopic (exact) mass is 793 g/mol. The van der Waals surface area contributed by atoms with E-state index in [9.17, 15) is 0 Å². The van der Waals surface area contributed by atoms with Gasteiger partial charge >= 0.3 is 0 Å². The Morgan fingerprint density at radius 2 is 0.694 bits per heavy atom. The van der Waals surface area contributed by atoms with E-state index in [4.69, 9.17) is 18.8 Å². The van der Waals surface area contributed by atoms with Crippen molar-refractivity contribution in [3.8, 4) is 78.5 Å². The predicted molar refractivity (Wildman–Crippen MR) is 252 cm³/mol. The van der Waals surface area contributed by atoms with Crippen LogP contribution in [0.5, 0.6) is 0 Å². The van der Waals surface area contributed by atoms with Crippen LogP contribution in [0.25, 0.3) is 122 Å². The number of furan rings is 2. The van der Waals surface area contributed by atoms with Gasteiger partial charge in [-0.1, -0.05) is 133 Å². The summed E-state index contributed by atoms with van der Waals surface area (Å²) >= 11 is 0. The molecule has 4 heterocycles. The number of fused-ring (bicyclic) bond motifs is 6. The third-order valence-corrected chi connectivity index (χ3v) is 11.8. The van der Waals surface area contributed by atoms with Gasteiger partial charge in [0.2, 0.25) is 0 Å². The number of pyridine rings is 1. The number of hydrogen-bond donors (Lipinski definition) is 0. The van der Waals surface area contributed by atoms with Crippen LogP contribution in [0.4, 0.5) is 0 Å². The Kier molecular flexibility index (Phi) is 8.42. The van der Waals surface area contributed by atoms with Gasteiger partial charge in [-0.15, -0.1) is 0 Å². The Labute approximate surface area is 357 Å². The molecular formula is C57H35N3O2. The first kappa shape index (κ1) is 35.5. The summed E-state index contributed by atoms with van der Waals surface area (Å²) in [6.45, 7) is 0. The van der Waals surface area contributed by atoms with E-state index in [1.165, 1.54) is 0 Å². The Morgan fingerprint density at radius 3 is 1.24 bits per heavy atom. The zero-order chi connectivity index (χ0) is 41.0. The molecular weight excluding hydrogens is 759 g/mol. The molecule has 12 aromatic rings. The van der Waals surface area contributed by atoms with Gasteiger partial charge in [0.05, 0.1) is 17.1 Å². The molecule has 0 spiro atoms. The highest BCUT2D eigenvalue weighted by Gasteiger charge is 2.17. The summed E-state index contributed by atoms with van der Waals surface area (Å²) in [6.07, 6.45) is 1.83. The minimum atomic E-state index is 0.642. The zero-order valence-electron chi connectivity index (χ0n) is 33.4. The van der Waals surface area contributed by atoms with Gasteiger partial charge in [-0.2, -0.15) is 0 Å². The molecule has 0 saturated heterocycles. The maximum absolute atomic E-state index is 6.23. The summed E-state index contributed by atoms with van der Waals surface area (Å²) in [6, 6.07) is 71.6. The minimum Gasteiger partial charge on any atom is -0.456 e. The fraction of sp³-hybridized carbons (Fsp3) is 0. The molecule has 0 bridgehead atoms. The van der Waals surface area contributed by atoms with Crippen LogP contribution in [0.2, 0.25) is 0 Å². The van der Waals surface area contributed by atoms with E-state index in [-0.39, 0.29) is 0 Å². The third-order valence-electron chi connectivity index (χ3n) is 11.8. The number of hydrogen-bond acceptors (Lipinski definition) is 5. The average molecular weight is 794 g/mol. The fourth-order valence-electron chi connectivity index (χ4n) is 8.58. The topological polar surface area (TPSA) is 65.0 Å². The van der Waals surface area contributed by atoms with Crippen molar-refractivity contribution in [2.45, 2.75) is 0 Å². The summed E-state index contributed by atoms with van der Waals surface area (Å²) < 4.78 is 12.5. The van der Waals surface area contributed by atoms with Crippen LogP contribution in [0.15, 0.2) is 221 Å². The zero-order valence-corrected chi connectivity index (χ0v) is 33.4. The van der Waals surface area contributed by atoms with Crippen molar-refractivity contribution in [3.63, 3.8) is 0 Å². The van der Waals surface area contributed by atoms with Crippen LogP contribution >= 0.6 is 0 Å². The standard InChI is InChI=1S/C57H35N3O2/c1-2-10-38(11-3-1)51-35-52(40-23-19-37(20-24-40)36-17-21-39(22-18-36)50-14-8-9-29-58-50)60-57(59-51)45-31-43(41-25-27-55-48(33-41)46-12-4-6-15-53(46)61-55)30-44(32-45)42-26-28-56-49(34-42)47-13-5-7-16-54(47)62-56/h1-35H. The number of benzene rings is 8. The molecule has 0 unspecified atom stereocenters. The first-order valence-electron chi connectivity index (χ1n) is 20.7. The molecule has 0 atom stereocenters. The molecule has 62 heavy (non-hydrogen) atoms. The number of rotatable bonds is 7. The fourth-order valence-corrected chi connectivity index (χ4v) is 8.58. The van der Waals surface area contributed by atoms with E-state index in [2.05, 4.69) is 163 Å². The maximum Gasteiger partial charge on any atom is 0.160 e. The molecule has 4 aromatic heterocycles. The summed E-state index contributed by atoms with van der Waals surface area (Å²) in [7, 11) is 0. The van der Waals surface area contributed by atoms with Crippen molar-refractivity contribution in [1.29, 1.82) is 0 Å². The predicted octanol–water partition coefficient (Wildman–Crippen LogP) is 15.3. The normalized spacial score (nSPS) is 11.5. The van der Waals surface area contributed by atoms with Gasteiger partial charge in [0, 0.05) is 50.0 Å². The lowest BCUT2D eigenvalue weighted by molar-refractivity contribution is 0.668. The molecule has 0 aliphatic carbocycles. The highest BCUT2D eigenvalue weighted by molar-refractivity contribution is 6.07. The average Bonchev–Trinajstić information content (AvgIpc) is 3.92. The minimum absolute atomic E-state index is 0.642. The van der Waals surface area contributed by atoms with Gasteiger partial charge in [0.15, 0.2) is 5.82 Å². The van der Waals surface area contributed by atoms with E-state index < -0.39 is 0 Å². The summed E-state index contributed by atoms with van der Waals surface area (Å²) in [5.41, 5.74) is 16.7. The molecule has 0 aliphatic rings. The van der Waals surface area contributed by atoms with Crippen molar-refractivity contribution in [1.82, 2.24) is 15.0 Å². The van der Waals surface area contributed by atoms with E-state index in [0.717, 1.165) is 117 Å². The Balaban J connectivity index is 1.00. The summed E-state index contributed by atoms with van der Waals surface area (Å²) in [4.78, 5) is 15.1. The Bertz CT molecular complexity index is 3480. The lowest BCUT2D eigenvalue weighted by Crippen LogP contribution is -1.97. The van der Waals surface area contributed by atoms with Gasteiger partial charge in [0.1, 0.15) is 22.3 Å². The van der Waals surface area contributed by atoms with Crippen LogP contribution in [0.1, 0.15) is 0 Å². The molecule has 0 amide bonds. The van der Waals surface area contributed by atoms with E-state index >= 15 is 0 Å². The van der Waals surface area contributed by atoms with Gasteiger partial charge in [0.25, 0.3) is 0 Å². The second-order valence-corrected chi connectivity index (χ2v) is 15.6. The van der Waals surface area contributed by atoms with Gasteiger partial charge in [-0.25, -0.2) is 9.97 Å². The second kappa shape index (κ2) is 14.7. The maximum atomic E-state index is 6.23. The first-order chi connectivity index (χ1) is 30.7. The highest BCUT2D eigenvalue weighted by Crippen LogP contribution is 2.39. The molecule has 5 heteroatoms. The Hall–Kier alpha value is -8.41. The van der Waals surface area contributed by atoms with E-state index in [1.807, 2.05) is 54.7 Å². The summed E-state index contributed by atoms with van der Waals surface area (Å²) in [5.74, 6) is 0.642. The molecule has 0 saturated carbocycles. The molecule has 290 valence electrons. The van der Waals surface area contributed by atoms with Crippen molar-refractivity contribution in [3.05, 3.63) is 212 Å². The van der Waals surface area contributed by atoms with Gasteiger partial charge < -0.3 is 8.83 Å². The smallest absolute Gasteiger partial charge is 0.160 e. The second-order valence-electron chi connectivity index (χ2n) is 15.6. The van der Waals surface area contributed by atoms with Gasteiger partial charge in [-0.05, 0) is 106 Å². The third kappa shape index (κ3) is 6.40. The molecule has 0 fully saturated rings. The van der Waals surface area contributed by atoms with Crippen molar-refractivity contribution in [2.75, 3.05) is 0 Å². The van der Waals surface area contributed by atoms with Crippen molar-refractivity contribution >= 4 is 43.9 Å². The number of aromatic nitrogens is 3. The van der Waals surface area contributed by atoms with E-state index in [1.54, 1.807) is 0 Å². The van der Waals surface area contributed by atoms with Crippen LogP contribution in [-0.4, -0.2) is 15.0 Å². The van der Waals surface area contributed by atoms with Gasteiger partial charge in [-0.3, -0.25) is 4.98 Å². The lowest BCUT2D eigenvalue weighted by Gasteiger charge is -2.13. The molecule has 0 N–H and O–H groups in total. The molecule has 12 rings (SSSR count). The summed E-state index contributed by atoms with van der Waals surface area (Å²) in [5, 5.41) is 4.34. The van der Waals surface area contributed by atoms with Crippen LogP contribution in [-0.2, 0) is 0 Å².